The molecule has 3 aromatic heterocycles. The van der Waals surface area contributed by atoms with Gasteiger partial charge >= 0.3 is 5.97 Å². The highest BCUT2D eigenvalue weighted by atomic mass is 19.1. The molecule has 0 aliphatic carbocycles. The van der Waals surface area contributed by atoms with Crippen molar-refractivity contribution >= 4 is 28.7 Å². The number of carboxylic acid groups (broad SMARTS) is 1. The summed E-state index contributed by atoms with van der Waals surface area (Å²) in [6.07, 6.45) is 6.02. The van der Waals surface area contributed by atoms with Gasteiger partial charge in [-0.25, -0.2) is 25.0 Å². The number of aromatic nitrogens is 4. The Morgan fingerprint density at radius 1 is 1.05 bits per heavy atom. The number of amides is 2. The lowest BCUT2D eigenvalue weighted by molar-refractivity contribution is -0.139. The third kappa shape index (κ3) is 6.11. The topological polar surface area (TPSA) is 176 Å². The molecule has 1 unspecified atom stereocenters. The Kier molecular flexibility index (Phi) is 7.94. The first-order valence-corrected chi connectivity index (χ1v) is 12.5. The van der Waals surface area contributed by atoms with E-state index in [2.05, 4.69) is 42.5 Å². The SMILES string of the molecule is NNC(=O)c1cc(-c2ccc(C#Cc3ccc(C(=O)NC(Cc4c[nH]cn4)C(=O)O)cc3F)cc2)nc2ccncc12. The van der Waals surface area contributed by atoms with Crippen LogP contribution < -0.4 is 16.6 Å². The van der Waals surface area contributed by atoms with Crippen molar-refractivity contribution < 1.29 is 23.9 Å². The smallest absolute Gasteiger partial charge is 0.326 e. The van der Waals surface area contributed by atoms with Crippen LogP contribution in [0.4, 0.5) is 4.39 Å². The van der Waals surface area contributed by atoms with E-state index in [1.165, 1.54) is 24.7 Å². The largest absolute Gasteiger partial charge is 0.480 e. The molecular weight excluding hydrogens is 541 g/mol. The lowest BCUT2D eigenvalue weighted by Crippen LogP contribution is -2.42. The minimum atomic E-state index is -1.24. The van der Waals surface area contributed by atoms with Gasteiger partial charge in [0.2, 0.25) is 0 Å². The number of nitrogens with one attached hydrogen (secondary N) is 3. The summed E-state index contributed by atoms with van der Waals surface area (Å²) in [7, 11) is 0. The number of halogens is 1. The highest BCUT2D eigenvalue weighted by Crippen LogP contribution is 2.24. The Morgan fingerprint density at radius 2 is 1.86 bits per heavy atom. The van der Waals surface area contributed by atoms with Crippen LogP contribution in [0.1, 0.15) is 37.5 Å². The first-order valence-electron chi connectivity index (χ1n) is 12.5. The monoisotopic (exact) mass is 563 g/mol. The van der Waals surface area contributed by atoms with Gasteiger partial charge in [0.15, 0.2) is 0 Å². The van der Waals surface area contributed by atoms with Crippen LogP contribution in [0.3, 0.4) is 0 Å². The second-order valence-electron chi connectivity index (χ2n) is 9.07. The van der Waals surface area contributed by atoms with Crippen LogP contribution in [0.15, 0.2) is 79.5 Å². The summed E-state index contributed by atoms with van der Waals surface area (Å²) in [5.74, 6) is 7.79. The molecule has 208 valence electrons. The first kappa shape index (κ1) is 27.6. The minimum absolute atomic E-state index is 0.0337. The molecule has 0 bridgehead atoms. The van der Waals surface area contributed by atoms with Crippen molar-refractivity contribution in [3.05, 3.63) is 113 Å². The second-order valence-corrected chi connectivity index (χ2v) is 9.07. The number of hydrogen-bond donors (Lipinski definition) is 5. The molecule has 0 saturated heterocycles. The molecule has 6 N–H and O–H groups in total. The molecule has 3 heterocycles. The Hall–Kier alpha value is -5.93. The molecule has 1 atom stereocenters. The number of hydrogen-bond acceptors (Lipinski definition) is 7. The van der Waals surface area contributed by atoms with E-state index in [-0.39, 0.29) is 17.5 Å². The quantitative estimate of drug-likeness (QED) is 0.0869. The van der Waals surface area contributed by atoms with Crippen LogP contribution in [0.25, 0.3) is 22.2 Å². The van der Waals surface area contributed by atoms with Gasteiger partial charge in [-0.3, -0.25) is 20.0 Å². The van der Waals surface area contributed by atoms with Crippen LogP contribution in [0.5, 0.6) is 0 Å². The predicted octanol–water partition coefficient (Wildman–Crippen LogP) is 2.59. The van der Waals surface area contributed by atoms with Crippen LogP contribution in [0.2, 0.25) is 0 Å². The summed E-state index contributed by atoms with van der Waals surface area (Å²) in [6, 6.07) is 12.8. The number of nitrogens with two attached hydrogens (primary N) is 1. The molecular formula is C30H22FN7O4. The summed E-state index contributed by atoms with van der Waals surface area (Å²) < 4.78 is 14.8. The molecule has 0 aliphatic heterocycles. The van der Waals surface area contributed by atoms with Crippen LogP contribution >= 0.6 is 0 Å². The van der Waals surface area contributed by atoms with Gasteiger partial charge in [0, 0.05) is 47.1 Å². The van der Waals surface area contributed by atoms with Gasteiger partial charge in [0.25, 0.3) is 11.8 Å². The van der Waals surface area contributed by atoms with Crippen LogP contribution in [-0.2, 0) is 11.2 Å². The third-order valence-electron chi connectivity index (χ3n) is 6.31. The number of H-pyrrole nitrogens is 1. The number of aliphatic carboxylic acids is 1. The Balaban J connectivity index is 1.31. The van der Waals surface area contributed by atoms with E-state index in [9.17, 15) is 23.9 Å². The zero-order chi connectivity index (χ0) is 29.6. The maximum absolute atomic E-state index is 14.8. The van der Waals surface area contributed by atoms with Crippen molar-refractivity contribution in [1.29, 1.82) is 0 Å². The van der Waals surface area contributed by atoms with E-state index < -0.39 is 29.6 Å². The number of rotatable bonds is 7. The van der Waals surface area contributed by atoms with E-state index in [4.69, 9.17) is 5.84 Å². The summed E-state index contributed by atoms with van der Waals surface area (Å²) in [5.41, 5.74) is 5.37. The number of imidazole rings is 1. The number of carboxylic acids is 1. The summed E-state index contributed by atoms with van der Waals surface area (Å²) in [6.45, 7) is 0. The lowest BCUT2D eigenvalue weighted by Gasteiger charge is -2.13. The van der Waals surface area contributed by atoms with E-state index in [1.54, 1.807) is 48.8 Å². The van der Waals surface area contributed by atoms with Gasteiger partial charge in [-0.2, -0.15) is 0 Å². The highest BCUT2D eigenvalue weighted by Gasteiger charge is 2.22. The minimum Gasteiger partial charge on any atom is -0.480 e. The number of aromatic amines is 1. The standard InChI is InChI=1S/C30H22FN7O4/c31-24-11-20(28(39)37-27(30(41)42)12-21-14-34-16-35-21)8-7-18(24)4-1-17-2-5-19(6-3-17)26-13-22(29(40)38-32)23-15-33-10-9-25(23)36-26/h2-3,5-11,13-16,27H,12,32H2,(H,34,35)(H,37,39)(H,38,40)(H,41,42). The molecule has 0 spiro atoms. The molecule has 5 rings (SSSR count). The molecule has 2 amide bonds. The average molecular weight is 564 g/mol. The van der Waals surface area contributed by atoms with Crippen LogP contribution in [0, 0.1) is 17.7 Å². The summed E-state index contributed by atoms with van der Waals surface area (Å²) in [4.78, 5) is 51.8. The van der Waals surface area contributed by atoms with Gasteiger partial charge in [-0.15, -0.1) is 0 Å². The molecule has 0 radical (unpaired) electrons. The normalized spacial score (nSPS) is 11.3. The van der Waals surface area contributed by atoms with Crippen molar-refractivity contribution in [3.8, 4) is 23.1 Å². The fourth-order valence-corrected chi connectivity index (χ4v) is 4.16. The van der Waals surface area contributed by atoms with Gasteiger partial charge in [0.05, 0.1) is 34.4 Å². The number of carbonyl (C=O) groups excluding carboxylic acids is 2. The molecule has 42 heavy (non-hydrogen) atoms. The second kappa shape index (κ2) is 12.1. The van der Waals surface area contributed by atoms with Gasteiger partial charge in [-0.05, 0) is 42.5 Å². The van der Waals surface area contributed by atoms with Gasteiger partial charge < -0.3 is 15.4 Å². The molecule has 0 fully saturated rings. The Morgan fingerprint density at radius 3 is 2.55 bits per heavy atom. The number of fused-ring (bicyclic) bond motifs is 1. The zero-order valence-electron chi connectivity index (χ0n) is 21.8. The molecule has 0 aliphatic rings. The highest BCUT2D eigenvalue weighted by molar-refractivity contribution is 6.06. The molecule has 12 heteroatoms. The lowest BCUT2D eigenvalue weighted by atomic mass is 10.0. The molecule has 5 aromatic rings. The number of hydrazine groups is 1. The van der Waals surface area contributed by atoms with E-state index in [0.717, 1.165) is 11.6 Å². The number of benzene rings is 2. The molecule has 2 aromatic carbocycles. The van der Waals surface area contributed by atoms with E-state index >= 15 is 0 Å². The average Bonchev–Trinajstić information content (AvgIpc) is 3.52. The van der Waals surface area contributed by atoms with Crippen LogP contribution in [-0.4, -0.2) is 48.9 Å². The Bertz CT molecular complexity index is 1860. The van der Waals surface area contributed by atoms with Crippen molar-refractivity contribution in [3.63, 3.8) is 0 Å². The number of pyridine rings is 2. The fourth-order valence-electron chi connectivity index (χ4n) is 4.16. The zero-order valence-corrected chi connectivity index (χ0v) is 21.8. The maximum atomic E-state index is 14.8. The van der Waals surface area contributed by atoms with Crippen molar-refractivity contribution in [2.24, 2.45) is 5.84 Å². The maximum Gasteiger partial charge on any atom is 0.326 e. The summed E-state index contributed by atoms with van der Waals surface area (Å²) in [5, 5.41) is 12.4. The van der Waals surface area contributed by atoms with E-state index in [0.29, 0.717) is 33.4 Å². The fraction of sp³-hybridized carbons (Fsp3) is 0.0667. The number of carbonyl (C=O) groups is 3. The Labute approximate surface area is 238 Å². The molecule has 0 saturated carbocycles. The van der Waals surface area contributed by atoms with E-state index in [1.807, 2.05) is 0 Å². The molecule has 11 nitrogen and oxygen atoms in total. The first-order chi connectivity index (χ1) is 20.3. The summed E-state index contributed by atoms with van der Waals surface area (Å²) >= 11 is 0. The van der Waals surface area contributed by atoms with Crippen molar-refractivity contribution in [1.82, 2.24) is 30.7 Å². The number of nitrogen functional groups attached to an aromatic ring is 1. The number of nitrogens with zero attached hydrogens (tertiary/aromatic N) is 3. The van der Waals surface area contributed by atoms with Crippen molar-refractivity contribution in [2.75, 3.05) is 0 Å². The third-order valence-corrected chi connectivity index (χ3v) is 6.31. The predicted molar refractivity (Wildman–Crippen MR) is 150 cm³/mol. The van der Waals surface area contributed by atoms with Gasteiger partial charge in [-0.1, -0.05) is 24.0 Å². The van der Waals surface area contributed by atoms with Gasteiger partial charge in [0.1, 0.15) is 11.9 Å². The van der Waals surface area contributed by atoms with Crippen molar-refractivity contribution in [2.45, 2.75) is 12.5 Å².